The smallest absolute Gasteiger partial charge is 0.314 e. The third-order valence-corrected chi connectivity index (χ3v) is 5.34. The van der Waals surface area contributed by atoms with Gasteiger partial charge in [0.2, 0.25) is 0 Å². The molecule has 4 nitrogen and oxygen atoms in total. The molecule has 0 saturated heterocycles. The quantitative estimate of drug-likeness (QED) is 0.810. The molecule has 3 N–H and O–H groups in total. The van der Waals surface area contributed by atoms with Gasteiger partial charge in [0, 0.05) is 24.9 Å². The monoisotopic (exact) mass is 322 g/mol. The van der Waals surface area contributed by atoms with E-state index in [9.17, 15) is 4.79 Å². The summed E-state index contributed by atoms with van der Waals surface area (Å²) in [5.41, 5.74) is 5.72. The lowest BCUT2D eigenvalue weighted by Gasteiger charge is -2.45. The lowest BCUT2D eigenvalue weighted by molar-refractivity contribution is 0.229. The Bertz CT molecular complexity index is 711. The van der Waals surface area contributed by atoms with Crippen LogP contribution >= 0.6 is 0 Å². The van der Waals surface area contributed by atoms with Crippen LogP contribution < -0.4 is 10.6 Å². The summed E-state index contributed by atoms with van der Waals surface area (Å²) in [5, 5.41) is 14.4. The van der Waals surface area contributed by atoms with Crippen LogP contribution in [-0.4, -0.2) is 30.8 Å². The maximum absolute atomic E-state index is 11.8. The number of rotatable bonds is 4. The number of fused-ring (bicyclic) bond motifs is 1. The Morgan fingerprint density at radius 1 is 0.958 bits per heavy atom. The zero-order chi connectivity index (χ0) is 16.5. The van der Waals surface area contributed by atoms with E-state index in [1.54, 1.807) is 0 Å². The zero-order valence-electron chi connectivity index (χ0n) is 13.5. The molecule has 2 aromatic rings. The molecule has 5 rings (SSSR count). The molecule has 3 aliphatic rings. The normalized spacial score (nSPS) is 23.3. The van der Waals surface area contributed by atoms with Gasteiger partial charge in [0.25, 0.3) is 0 Å². The summed E-state index contributed by atoms with van der Waals surface area (Å²) in [6.07, 6.45) is 1.07. The zero-order valence-corrected chi connectivity index (χ0v) is 13.5. The molecule has 0 aliphatic heterocycles. The van der Waals surface area contributed by atoms with Gasteiger partial charge < -0.3 is 15.7 Å². The van der Waals surface area contributed by atoms with E-state index in [0.717, 1.165) is 6.42 Å². The standard InChI is InChI=1S/C20H22N2O2/c23-10-9-21-20(24)22-12-13-11-18-14-5-1-3-7-16(14)19(13)17-8-4-2-6-15(17)18/h1-8,13,18-19,23H,9-12H2,(H2,21,22,24). The topological polar surface area (TPSA) is 61.4 Å². The Kier molecular flexibility index (Phi) is 3.98. The number of urea groups is 1. The first kappa shape index (κ1) is 15.2. The van der Waals surface area contributed by atoms with Crippen LogP contribution in [0.25, 0.3) is 0 Å². The van der Waals surface area contributed by atoms with E-state index in [1.807, 2.05) is 0 Å². The molecular formula is C20H22N2O2. The van der Waals surface area contributed by atoms with Crippen molar-refractivity contribution in [2.45, 2.75) is 18.3 Å². The number of aliphatic hydroxyl groups is 1. The Balaban J connectivity index is 1.60. The number of amides is 2. The van der Waals surface area contributed by atoms with Crippen molar-refractivity contribution in [3.8, 4) is 0 Å². The van der Waals surface area contributed by atoms with Gasteiger partial charge >= 0.3 is 6.03 Å². The van der Waals surface area contributed by atoms with Gasteiger partial charge in [-0.15, -0.1) is 0 Å². The van der Waals surface area contributed by atoms with Crippen LogP contribution in [0.5, 0.6) is 0 Å². The Hall–Kier alpha value is -2.33. The SMILES string of the molecule is O=C(NCCO)NCC1CC2c3ccccc3C1c1ccccc12. The lowest BCUT2D eigenvalue weighted by atomic mass is 9.59. The Morgan fingerprint density at radius 2 is 1.54 bits per heavy atom. The molecule has 0 spiro atoms. The van der Waals surface area contributed by atoms with Gasteiger partial charge in [-0.2, -0.15) is 0 Å². The molecule has 2 bridgehead atoms. The second-order valence-corrected chi connectivity index (χ2v) is 6.64. The van der Waals surface area contributed by atoms with Gasteiger partial charge in [-0.25, -0.2) is 4.79 Å². The van der Waals surface area contributed by atoms with Crippen LogP contribution in [0, 0.1) is 5.92 Å². The number of aliphatic hydroxyl groups excluding tert-OH is 1. The summed E-state index contributed by atoms with van der Waals surface area (Å²) >= 11 is 0. The molecule has 2 amide bonds. The summed E-state index contributed by atoms with van der Waals surface area (Å²) in [5.74, 6) is 1.18. The van der Waals surface area contributed by atoms with Gasteiger partial charge in [0.15, 0.2) is 0 Å². The largest absolute Gasteiger partial charge is 0.395 e. The molecule has 0 saturated carbocycles. The van der Waals surface area contributed by atoms with Gasteiger partial charge in [-0.05, 0) is 34.6 Å². The Labute approximate surface area is 141 Å². The summed E-state index contributed by atoms with van der Waals surface area (Å²) in [6.45, 7) is 0.900. The summed E-state index contributed by atoms with van der Waals surface area (Å²) in [7, 11) is 0. The highest BCUT2D eigenvalue weighted by Crippen LogP contribution is 2.54. The van der Waals surface area contributed by atoms with Gasteiger partial charge in [0.1, 0.15) is 0 Å². The van der Waals surface area contributed by atoms with Crippen molar-refractivity contribution in [2.75, 3.05) is 19.7 Å². The maximum atomic E-state index is 11.8. The van der Waals surface area contributed by atoms with Gasteiger partial charge in [-0.3, -0.25) is 0 Å². The highest BCUT2D eigenvalue weighted by atomic mass is 16.3. The van der Waals surface area contributed by atoms with E-state index in [4.69, 9.17) is 5.11 Å². The van der Waals surface area contributed by atoms with E-state index in [-0.39, 0.29) is 19.2 Å². The predicted octanol–water partition coefficient (Wildman–Crippen LogP) is 2.58. The molecule has 1 atom stereocenters. The number of nitrogens with one attached hydrogen (secondary N) is 2. The molecule has 0 radical (unpaired) electrons. The third-order valence-electron chi connectivity index (χ3n) is 5.34. The van der Waals surface area contributed by atoms with Crippen LogP contribution in [-0.2, 0) is 0 Å². The molecule has 2 aromatic carbocycles. The van der Waals surface area contributed by atoms with Crippen molar-refractivity contribution in [1.29, 1.82) is 0 Å². The molecule has 3 aliphatic carbocycles. The van der Waals surface area contributed by atoms with Crippen molar-refractivity contribution in [2.24, 2.45) is 5.92 Å². The van der Waals surface area contributed by atoms with E-state index in [2.05, 4.69) is 59.2 Å². The fourth-order valence-corrected chi connectivity index (χ4v) is 4.42. The molecule has 124 valence electrons. The van der Waals surface area contributed by atoms with E-state index in [0.29, 0.717) is 24.3 Å². The number of benzene rings is 2. The second kappa shape index (κ2) is 6.29. The second-order valence-electron chi connectivity index (χ2n) is 6.64. The predicted molar refractivity (Wildman–Crippen MR) is 93.2 cm³/mol. The molecule has 0 heterocycles. The Morgan fingerprint density at radius 3 is 2.12 bits per heavy atom. The average Bonchev–Trinajstić information content (AvgIpc) is 2.65. The lowest BCUT2D eigenvalue weighted by Crippen LogP contribution is -2.43. The van der Waals surface area contributed by atoms with Crippen LogP contribution in [0.3, 0.4) is 0 Å². The van der Waals surface area contributed by atoms with Crippen molar-refractivity contribution >= 4 is 6.03 Å². The number of hydrogen-bond acceptors (Lipinski definition) is 2. The molecule has 0 fully saturated rings. The molecule has 0 aromatic heterocycles. The minimum Gasteiger partial charge on any atom is -0.395 e. The fourth-order valence-electron chi connectivity index (χ4n) is 4.42. The first-order valence-electron chi connectivity index (χ1n) is 8.59. The summed E-state index contributed by atoms with van der Waals surface area (Å²) in [6, 6.07) is 17.2. The van der Waals surface area contributed by atoms with Crippen LogP contribution in [0.2, 0.25) is 0 Å². The fraction of sp³-hybridized carbons (Fsp3) is 0.350. The van der Waals surface area contributed by atoms with Crippen LogP contribution in [0.15, 0.2) is 48.5 Å². The van der Waals surface area contributed by atoms with E-state index < -0.39 is 0 Å². The van der Waals surface area contributed by atoms with E-state index >= 15 is 0 Å². The minimum atomic E-state index is -0.202. The van der Waals surface area contributed by atoms with Crippen molar-refractivity contribution in [3.05, 3.63) is 70.8 Å². The molecular weight excluding hydrogens is 300 g/mol. The summed E-state index contributed by atoms with van der Waals surface area (Å²) in [4.78, 5) is 11.8. The van der Waals surface area contributed by atoms with Crippen LogP contribution in [0.1, 0.15) is 40.5 Å². The third kappa shape index (κ3) is 2.47. The summed E-state index contributed by atoms with van der Waals surface area (Å²) < 4.78 is 0. The van der Waals surface area contributed by atoms with E-state index in [1.165, 1.54) is 22.3 Å². The molecule has 24 heavy (non-hydrogen) atoms. The van der Waals surface area contributed by atoms with Crippen LogP contribution in [0.4, 0.5) is 4.79 Å². The number of carbonyl (C=O) groups is 1. The highest BCUT2D eigenvalue weighted by molar-refractivity contribution is 5.73. The minimum absolute atomic E-state index is 0.0394. The van der Waals surface area contributed by atoms with Gasteiger partial charge in [0.05, 0.1) is 6.61 Å². The first-order valence-corrected chi connectivity index (χ1v) is 8.59. The maximum Gasteiger partial charge on any atom is 0.314 e. The first-order chi connectivity index (χ1) is 11.8. The molecule has 1 unspecified atom stereocenters. The van der Waals surface area contributed by atoms with Crippen molar-refractivity contribution in [1.82, 2.24) is 10.6 Å². The van der Waals surface area contributed by atoms with Gasteiger partial charge in [-0.1, -0.05) is 48.5 Å². The van der Waals surface area contributed by atoms with Crippen molar-refractivity contribution < 1.29 is 9.90 Å². The highest BCUT2D eigenvalue weighted by Gasteiger charge is 2.42. The molecule has 4 heteroatoms. The van der Waals surface area contributed by atoms with Crippen molar-refractivity contribution in [3.63, 3.8) is 0 Å². The number of hydrogen-bond donors (Lipinski definition) is 3. The average molecular weight is 322 g/mol. The number of carbonyl (C=O) groups excluding carboxylic acids is 1.